The molecule has 0 bridgehead atoms. The molecule has 0 saturated carbocycles. The number of aromatic hydroxyl groups is 1. The topological polar surface area (TPSA) is 123 Å². The Morgan fingerprint density at radius 3 is 2.26 bits per heavy atom. The molecule has 8 nitrogen and oxygen atoms in total. The molecule has 0 saturated heterocycles. The number of hydrogen-bond donors (Lipinski definition) is 4. The second-order valence-corrected chi connectivity index (χ2v) is 5.67. The maximum atomic E-state index is 11.7. The van der Waals surface area contributed by atoms with Gasteiger partial charge in [0.1, 0.15) is 6.04 Å². The van der Waals surface area contributed by atoms with Crippen LogP contribution in [-0.2, 0) is 11.3 Å². The van der Waals surface area contributed by atoms with Crippen molar-refractivity contribution in [1.82, 2.24) is 9.47 Å². The molecule has 4 N–H and O–H groups in total. The van der Waals surface area contributed by atoms with Crippen molar-refractivity contribution < 1.29 is 25.2 Å². The molecule has 1 rings (SSSR count). The zero-order valence-electron chi connectivity index (χ0n) is 13.3. The Morgan fingerprint density at radius 2 is 1.83 bits per heavy atom. The van der Waals surface area contributed by atoms with Crippen LogP contribution in [0.1, 0.15) is 25.6 Å². The van der Waals surface area contributed by atoms with E-state index in [4.69, 9.17) is 10.2 Å². The lowest BCUT2D eigenvalue weighted by molar-refractivity contribution is -0.142. The van der Waals surface area contributed by atoms with Crippen LogP contribution in [0.5, 0.6) is 5.75 Å². The number of carboxylic acid groups (broad SMARTS) is 1. The first-order valence-electron chi connectivity index (χ1n) is 7.42. The van der Waals surface area contributed by atoms with Gasteiger partial charge < -0.3 is 25.0 Å². The lowest BCUT2D eigenvalue weighted by Crippen LogP contribution is -2.34. The molecule has 0 aliphatic heterocycles. The summed E-state index contributed by atoms with van der Waals surface area (Å²) in [6.07, 6.45) is 1.13. The summed E-state index contributed by atoms with van der Waals surface area (Å²) >= 11 is 0. The highest BCUT2D eigenvalue weighted by Gasteiger charge is 2.26. The van der Waals surface area contributed by atoms with Crippen LogP contribution in [0.3, 0.4) is 0 Å². The van der Waals surface area contributed by atoms with Gasteiger partial charge in [-0.3, -0.25) is 9.69 Å². The van der Waals surface area contributed by atoms with Gasteiger partial charge in [-0.2, -0.15) is 0 Å². The van der Waals surface area contributed by atoms with Crippen molar-refractivity contribution in [3.63, 3.8) is 0 Å². The quantitative estimate of drug-likeness (QED) is 0.487. The summed E-state index contributed by atoms with van der Waals surface area (Å²) in [5, 5.41) is 37.2. The third kappa shape index (κ3) is 5.05. The second kappa shape index (κ2) is 8.66. The fourth-order valence-electron chi connectivity index (χ4n) is 2.47. The van der Waals surface area contributed by atoms with Crippen LogP contribution in [0.4, 0.5) is 0 Å². The standard InChI is InChI=1S/C15H24N2O6/c1-10(2)14(15(22)23)17-9-13(21)12(20)7-11(17)8-16(3-5-18)4-6-19/h7,9-10,14,18-19,21H,3-6,8H2,1-2H3,(H,22,23). The number of aliphatic hydroxyl groups excluding tert-OH is 2. The van der Waals surface area contributed by atoms with Crippen LogP contribution in [-0.4, -0.2) is 62.2 Å². The smallest absolute Gasteiger partial charge is 0.326 e. The maximum Gasteiger partial charge on any atom is 0.326 e. The number of aliphatic carboxylic acids is 1. The summed E-state index contributed by atoms with van der Waals surface area (Å²) in [7, 11) is 0. The van der Waals surface area contributed by atoms with E-state index in [1.807, 2.05) is 0 Å². The monoisotopic (exact) mass is 328 g/mol. The minimum absolute atomic E-state index is 0.130. The molecule has 0 amide bonds. The van der Waals surface area contributed by atoms with Gasteiger partial charge in [0.25, 0.3) is 0 Å². The maximum absolute atomic E-state index is 11.7. The van der Waals surface area contributed by atoms with Crippen molar-refractivity contribution in [2.75, 3.05) is 26.3 Å². The van der Waals surface area contributed by atoms with Crippen LogP contribution < -0.4 is 5.43 Å². The summed E-state index contributed by atoms with van der Waals surface area (Å²) in [5.74, 6) is -1.85. The van der Waals surface area contributed by atoms with Crippen LogP contribution in [0, 0.1) is 5.92 Å². The first-order valence-corrected chi connectivity index (χ1v) is 7.42. The number of carbonyl (C=O) groups is 1. The second-order valence-electron chi connectivity index (χ2n) is 5.67. The van der Waals surface area contributed by atoms with Crippen LogP contribution >= 0.6 is 0 Å². The van der Waals surface area contributed by atoms with Gasteiger partial charge in [0, 0.05) is 31.4 Å². The van der Waals surface area contributed by atoms with Gasteiger partial charge in [-0.05, 0) is 5.92 Å². The Hall–Kier alpha value is -1.90. The Morgan fingerprint density at radius 1 is 1.26 bits per heavy atom. The third-order valence-corrected chi connectivity index (χ3v) is 3.55. The van der Waals surface area contributed by atoms with E-state index in [2.05, 4.69) is 0 Å². The molecule has 130 valence electrons. The van der Waals surface area contributed by atoms with Crippen LogP contribution in [0.2, 0.25) is 0 Å². The summed E-state index contributed by atoms with van der Waals surface area (Å²) < 4.78 is 1.37. The van der Waals surface area contributed by atoms with Gasteiger partial charge in [0.15, 0.2) is 5.75 Å². The third-order valence-electron chi connectivity index (χ3n) is 3.55. The molecule has 1 aromatic rings. The van der Waals surface area contributed by atoms with Gasteiger partial charge >= 0.3 is 5.97 Å². The van der Waals surface area contributed by atoms with Crippen LogP contribution in [0.25, 0.3) is 0 Å². The predicted molar refractivity (Wildman–Crippen MR) is 83.3 cm³/mol. The molecule has 0 aromatic carbocycles. The Balaban J connectivity index is 3.31. The molecule has 0 radical (unpaired) electrons. The van der Waals surface area contributed by atoms with Crippen LogP contribution in [0.15, 0.2) is 17.1 Å². The number of carboxylic acids is 1. The molecule has 0 aliphatic carbocycles. The minimum Gasteiger partial charge on any atom is -0.503 e. The van der Waals surface area contributed by atoms with E-state index in [-0.39, 0.29) is 38.8 Å². The van der Waals surface area contributed by atoms with Gasteiger partial charge in [-0.1, -0.05) is 13.8 Å². The van der Waals surface area contributed by atoms with Crippen molar-refractivity contribution in [3.8, 4) is 5.75 Å². The highest BCUT2D eigenvalue weighted by Crippen LogP contribution is 2.22. The lowest BCUT2D eigenvalue weighted by Gasteiger charge is -2.27. The summed E-state index contributed by atoms with van der Waals surface area (Å²) in [4.78, 5) is 25.0. The van der Waals surface area contributed by atoms with Crippen molar-refractivity contribution in [3.05, 3.63) is 28.2 Å². The van der Waals surface area contributed by atoms with Crippen molar-refractivity contribution in [2.24, 2.45) is 5.92 Å². The SMILES string of the molecule is CC(C)C(C(=O)O)n1cc(O)c(=O)cc1CN(CCO)CCO. The fourth-order valence-corrected chi connectivity index (χ4v) is 2.47. The lowest BCUT2D eigenvalue weighted by atomic mass is 10.0. The van der Waals surface area contributed by atoms with E-state index < -0.39 is 23.2 Å². The van der Waals surface area contributed by atoms with Crippen molar-refractivity contribution in [1.29, 1.82) is 0 Å². The van der Waals surface area contributed by atoms with Crippen molar-refractivity contribution in [2.45, 2.75) is 26.4 Å². The normalized spacial score (nSPS) is 12.8. The van der Waals surface area contributed by atoms with Crippen molar-refractivity contribution >= 4 is 5.97 Å². The Kier molecular flexibility index (Phi) is 7.21. The molecule has 1 unspecified atom stereocenters. The number of aromatic nitrogens is 1. The van der Waals surface area contributed by atoms with Gasteiger partial charge in [-0.25, -0.2) is 4.79 Å². The summed E-state index contributed by atoms with van der Waals surface area (Å²) in [5.41, 5.74) is -0.201. The Bertz CT molecular complexity index is 578. The predicted octanol–water partition coefficient (Wildman–Crippen LogP) is -0.378. The van der Waals surface area contributed by atoms with E-state index in [0.717, 1.165) is 6.20 Å². The highest BCUT2D eigenvalue weighted by atomic mass is 16.4. The zero-order chi connectivity index (χ0) is 17.6. The molecular formula is C15H24N2O6. The minimum atomic E-state index is -1.07. The molecule has 0 spiro atoms. The summed E-state index contributed by atoms with van der Waals surface area (Å²) in [6.45, 7) is 3.93. The van der Waals surface area contributed by atoms with Gasteiger partial charge in [-0.15, -0.1) is 0 Å². The largest absolute Gasteiger partial charge is 0.503 e. The van der Waals surface area contributed by atoms with E-state index in [1.165, 1.54) is 10.6 Å². The molecule has 1 atom stereocenters. The molecule has 0 fully saturated rings. The first-order chi connectivity index (χ1) is 10.8. The molecule has 1 heterocycles. The highest BCUT2D eigenvalue weighted by molar-refractivity contribution is 5.72. The number of pyridine rings is 1. The number of aliphatic hydroxyl groups is 2. The van der Waals surface area contributed by atoms with E-state index in [0.29, 0.717) is 5.69 Å². The molecular weight excluding hydrogens is 304 g/mol. The molecule has 8 heteroatoms. The molecule has 0 aliphatic rings. The number of rotatable bonds is 9. The van der Waals surface area contributed by atoms with E-state index in [9.17, 15) is 19.8 Å². The average Bonchev–Trinajstić information content (AvgIpc) is 2.44. The molecule has 23 heavy (non-hydrogen) atoms. The average molecular weight is 328 g/mol. The Labute approximate surface area is 134 Å². The van der Waals surface area contributed by atoms with E-state index in [1.54, 1.807) is 18.7 Å². The molecule has 1 aromatic heterocycles. The first kappa shape index (κ1) is 19.1. The van der Waals surface area contributed by atoms with Gasteiger partial charge in [0.05, 0.1) is 19.4 Å². The zero-order valence-corrected chi connectivity index (χ0v) is 13.3. The summed E-state index contributed by atoms with van der Waals surface area (Å²) in [6, 6.07) is 0.247. The van der Waals surface area contributed by atoms with Gasteiger partial charge in [0.2, 0.25) is 5.43 Å². The number of hydrogen-bond acceptors (Lipinski definition) is 6. The van der Waals surface area contributed by atoms with E-state index >= 15 is 0 Å². The number of nitrogens with zero attached hydrogens (tertiary/aromatic N) is 2. The fraction of sp³-hybridized carbons (Fsp3) is 0.600.